The Kier molecular flexibility index (Phi) is 9.70. The Morgan fingerprint density at radius 2 is 1.15 bits per heavy atom. The maximum absolute atomic E-state index is 3.67. The lowest BCUT2D eigenvalue weighted by atomic mass is 9.67. The standard InChI is InChI=1S/C45H41BrS/c1-2-3-31-45(36-14-6-4-7-15-36,37-16-8-5-9-17-37)32-13-21-39(34-27-29-38(46)30-28-34)33-23-25-35(26-24-33)40-19-12-20-42-41-18-10-11-22-43(41)47-44(40)42/h4-12,14-20,22-30,39H,2-3,13,21,31-32H2,1H3. The number of hydrogen-bond donors (Lipinski definition) is 0. The predicted octanol–water partition coefficient (Wildman–Crippen LogP) is 14.0. The molecule has 1 atom stereocenters. The van der Waals surface area contributed by atoms with Crippen LogP contribution in [0.1, 0.15) is 73.6 Å². The molecule has 2 heteroatoms. The molecule has 7 aromatic rings. The maximum atomic E-state index is 3.67. The molecule has 0 spiro atoms. The molecule has 234 valence electrons. The molecular formula is C45H41BrS. The normalized spacial score (nSPS) is 12.5. The van der Waals surface area contributed by atoms with Gasteiger partial charge >= 0.3 is 0 Å². The highest BCUT2D eigenvalue weighted by Gasteiger charge is 2.33. The zero-order valence-corrected chi connectivity index (χ0v) is 29.4. The van der Waals surface area contributed by atoms with Crippen LogP contribution in [-0.4, -0.2) is 0 Å². The van der Waals surface area contributed by atoms with Crippen molar-refractivity contribution in [1.82, 2.24) is 0 Å². The number of thiophene rings is 1. The molecule has 0 aliphatic heterocycles. The van der Waals surface area contributed by atoms with Gasteiger partial charge in [-0.15, -0.1) is 11.3 Å². The van der Waals surface area contributed by atoms with Gasteiger partial charge in [0.05, 0.1) is 0 Å². The monoisotopic (exact) mass is 692 g/mol. The molecule has 0 radical (unpaired) electrons. The maximum Gasteiger partial charge on any atom is 0.0433 e. The van der Waals surface area contributed by atoms with E-state index in [1.807, 2.05) is 11.3 Å². The highest BCUT2D eigenvalue weighted by molar-refractivity contribution is 9.10. The molecule has 0 N–H and O–H groups in total. The van der Waals surface area contributed by atoms with Crippen LogP contribution in [0.3, 0.4) is 0 Å². The van der Waals surface area contributed by atoms with E-state index in [-0.39, 0.29) is 5.41 Å². The van der Waals surface area contributed by atoms with Crippen LogP contribution in [-0.2, 0) is 5.41 Å². The van der Waals surface area contributed by atoms with Crippen LogP contribution in [0.2, 0.25) is 0 Å². The fourth-order valence-corrected chi connectivity index (χ4v) is 9.06. The highest BCUT2D eigenvalue weighted by atomic mass is 79.9. The van der Waals surface area contributed by atoms with Gasteiger partial charge in [-0.05, 0) is 70.8 Å². The van der Waals surface area contributed by atoms with Gasteiger partial charge in [0.25, 0.3) is 0 Å². The first-order valence-electron chi connectivity index (χ1n) is 17.0. The smallest absolute Gasteiger partial charge is 0.0433 e. The average Bonchev–Trinajstić information content (AvgIpc) is 3.52. The summed E-state index contributed by atoms with van der Waals surface area (Å²) < 4.78 is 3.84. The summed E-state index contributed by atoms with van der Waals surface area (Å²) >= 11 is 5.58. The second-order valence-corrected chi connectivity index (χ2v) is 14.8. The van der Waals surface area contributed by atoms with Gasteiger partial charge in [-0.1, -0.05) is 176 Å². The lowest BCUT2D eigenvalue weighted by molar-refractivity contribution is 0.398. The van der Waals surface area contributed by atoms with Crippen LogP contribution in [0, 0.1) is 0 Å². The van der Waals surface area contributed by atoms with Crippen molar-refractivity contribution >= 4 is 47.4 Å². The first kappa shape index (κ1) is 31.6. The summed E-state index contributed by atoms with van der Waals surface area (Å²) in [4.78, 5) is 0. The molecule has 7 rings (SSSR count). The fraction of sp³-hybridized carbons (Fsp3) is 0.200. The number of fused-ring (bicyclic) bond motifs is 3. The third-order valence-electron chi connectivity index (χ3n) is 10.0. The lowest BCUT2D eigenvalue weighted by Crippen LogP contribution is -2.28. The minimum atomic E-state index is 0.00951. The van der Waals surface area contributed by atoms with Crippen LogP contribution in [0.15, 0.2) is 156 Å². The van der Waals surface area contributed by atoms with Gasteiger partial charge in [0.1, 0.15) is 0 Å². The second kappa shape index (κ2) is 14.4. The average molecular weight is 694 g/mol. The molecule has 0 bridgehead atoms. The molecule has 0 aliphatic rings. The van der Waals surface area contributed by atoms with E-state index in [0.717, 1.165) is 23.7 Å². The summed E-state index contributed by atoms with van der Waals surface area (Å²) in [5.74, 6) is 0.327. The van der Waals surface area contributed by atoms with Gasteiger partial charge in [0.15, 0.2) is 0 Å². The topological polar surface area (TPSA) is 0 Å². The van der Waals surface area contributed by atoms with Crippen molar-refractivity contribution in [2.45, 2.75) is 56.8 Å². The Balaban J connectivity index is 1.21. The zero-order valence-electron chi connectivity index (χ0n) is 27.0. The van der Waals surface area contributed by atoms with Crippen molar-refractivity contribution in [2.75, 3.05) is 0 Å². The molecule has 0 saturated heterocycles. The Labute approximate surface area is 292 Å². The largest absolute Gasteiger partial charge is 0.135 e. The summed E-state index contributed by atoms with van der Waals surface area (Å²) in [6.45, 7) is 2.31. The van der Waals surface area contributed by atoms with Crippen molar-refractivity contribution in [1.29, 1.82) is 0 Å². The molecule has 1 unspecified atom stereocenters. The van der Waals surface area contributed by atoms with Gasteiger partial charge in [-0.3, -0.25) is 0 Å². The summed E-state index contributed by atoms with van der Waals surface area (Å²) in [6, 6.07) is 56.5. The Morgan fingerprint density at radius 1 is 0.574 bits per heavy atom. The molecule has 0 nitrogen and oxygen atoms in total. The molecule has 0 saturated carbocycles. The van der Waals surface area contributed by atoms with Crippen molar-refractivity contribution < 1.29 is 0 Å². The van der Waals surface area contributed by atoms with E-state index in [2.05, 4.69) is 175 Å². The molecule has 47 heavy (non-hydrogen) atoms. The second-order valence-electron chi connectivity index (χ2n) is 12.8. The van der Waals surface area contributed by atoms with E-state index < -0.39 is 0 Å². The summed E-state index contributed by atoms with van der Waals surface area (Å²) in [7, 11) is 0. The molecule has 1 aromatic heterocycles. The zero-order chi connectivity index (χ0) is 32.1. The van der Waals surface area contributed by atoms with Crippen molar-refractivity contribution in [3.8, 4) is 11.1 Å². The van der Waals surface area contributed by atoms with E-state index in [1.165, 1.54) is 72.8 Å². The van der Waals surface area contributed by atoms with Crippen LogP contribution < -0.4 is 0 Å². The van der Waals surface area contributed by atoms with Gasteiger partial charge in [0, 0.05) is 36.0 Å². The lowest BCUT2D eigenvalue weighted by Gasteiger charge is -2.36. The van der Waals surface area contributed by atoms with Crippen LogP contribution >= 0.6 is 27.3 Å². The first-order chi connectivity index (χ1) is 23.2. The Hall–Kier alpha value is -3.98. The molecule has 6 aromatic carbocycles. The van der Waals surface area contributed by atoms with Crippen molar-refractivity contribution in [3.05, 3.63) is 178 Å². The van der Waals surface area contributed by atoms with Gasteiger partial charge in [-0.2, -0.15) is 0 Å². The van der Waals surface area contributed by atoms with E-state index >= 15 is 0 Å². The van der Waals surface area contributed by atoms with Crippen LogP contribution in [0.5, 0.6) is 0 Å². The number of unbranched alkanes of at least 4 members (excludes halogenated alkanes) is 1. The van der Waals surface area contributed by atoms with Gasteiger partial charge < -0.3 is 0 Å². The van der Waals surface area contributed by atoms with E-state index in [1.54, 1.807) is 0 Å². The molecule has 0 fully saturated rings. The van der Waals surface area contributed by atoms with Crippen molar-refractivity contribution in [2.24, 2.45) is 0 Å². The van der Waals surface area contributed by atoms with Crippen molar-refractivity contribution in [3.63, 3.8) is 0 Å². The molecule has 0 aliphatic carbocycles. The summed E-state index contributed by atoms with van der Waals surface area (Å²) in [6.07, 6.45) is 6.94. The third-order valence-corrected chi connectivity index (χ3v) is 11.8. The molecule has 1 heterocycles. The quantitative estimate of drug-likeness (QED) is 0.120. The minimum absolute atomic E-state index is 0.00951. The SMILES string of the molecule is CCCCC(CCCC(c1ccc(Br)cc1)c1ccc(-c2cccc3c2sc2ccccc23)cc1)(c1ccccc1)c1ccccc1. The van der Waals surface area contributed by atoms with E-state index in [9.17, 15) is 0 Å². The number of halogens is 1. The van der Waals surface area contributed by atoms with E-state index in [0.29, 0.717) is 5.92 Å². The predicted molar refractivity (Wildman–Crippen MR) is 208 cm³/mol. The molecular weight excluding hydrogens is 652 g/mol. The van der Waals surface area contributed by atoms with Crippen LogP contribution in [0.25, 0.3) is 31.3 Å². The minimum Gasteiger partial charge on any atom is -0.135 e. The third kappa shape index (κ3) is 6.59. The fourth-order valence-electron chi connectivity index (χ4n) is 7.56. The molecule has 0 amide bonds. The Morgan fingerprint density at radius 3 is 1.81 bits per heavy atom. The van der Waals surface area contributed by atoms with Gasteiger partial charge in [-0.25, -0.2) is 0 Å². The Bertz CT molecular complexity index is 2000. The number of benzene rings is 6. The number of hydrogen-bond acceptors (Lipinski definition) is 1. The first-order valence-corrected chi connectivity index (χ1v) is 18.6. The van der Waals surface area contributed by atoms with Gasteiger partial charge in [0.2, 0.25) is 0 Å². The van der Waals surface area contributed by atoms with Crippen LogP contribution in [0.4, 0.5) is 0 Å². The highest BCUT2D eigenvalue weighted by Crippen LogP contribution is 2.44. The summed E-state index contributed by atoms with van der Waals surface area (Å²) in [5, 5.41) is 2.70. The number of rotatable bonds is 12. The summed E-state index contributed by atoms with van der Waals surface area (Å²) in [5.41, 5.74) is 8.27. The van der Waals surface area contributed by atoms with E-state index in [4.69, 9.17) is 0 Å².